The number of hydrogen-bond donors (Lipinski definition) is 2. The standard InChI is InChI=1S/C15H29N3O/c1-12(8-13-4-2-6-16-13)17-9-15-10-18-7-3-5-14(18)11-19-15/h12-17H,2-11H2,1H3. The normalized spacial score (nSPS) is 37.4. The zero-order valence-corrected chi connectivity index (χ0v) is 12.2. The van der Waals surface area contributed by atoms with Crippen LogP contribution in [0.5, 0.6) is 0 Å². The first-order chi connectivity index (χ1) is 9.31. The predicted octanol–water partition coefficient (Wildman–Crippen LogP) is 0.970. The SMILES string of the molecule is CC(CC1CCCN1)NCC1CN2CCCC2CO1. The molecule has 0 aliphatic carbocycles. The van der Waals surface area contributed by atoms with Gasteiger partial charge in [-0.05, 0) is 52.1 Å². The second-order valence-corrected chi connectivity index (χ2v) is 6.58. The maximum atomic E-state index is 5.99. The summed E-state index contributed by atoms with van der Waals surface area (Å²) in [6, 6.07) is 2.05. The molecule has 3 fully saturated rings. The summed E-state index contributed by atoms with van der Waals surface area (Å²) in [6.45, 7) is 7.89. The fraction of sp³-hybridized carbons (Fsp3) is 1.00. The summed E-state index contributed by atoms with van der Waals surface area (Å²) in [5, 5.41) is 7.24. The largest absolute Gasteiger partial charge is 0.374 e. The lowest BCUT2D eigenvalue weighted by atomic mass is 10.1. The molecule has 3 heterocycles. The zero-order chi connectivity index (χ0) is 13.1. The van der Waals surface area contributed by atoms with E-state index in [1.807, 2.05) is 0 Å². The molecule has 0 saturated carbocycles. The van der Waals surface area contributed by atoms with Gasteiger partial charge in [-0.1, -0.05) is 0 Å². The van der Waals surface area contributed by atoms with Gasteiger partial charge in [0.05, 0.1) is 12.7 Å². The highest BCUT2D eigenvalue weighted by Crippen LogP contribution is 2.22. The third-order valence-electron chi connectivity index (χ3n) is 4.96. The first kappa shape index (κ1) is 13.8. The highest BCUT2D eigenvalue weighted by molar-refractivity contribution is 4.86. The molecule has 0 amide bonds. The summed E-state index contributed by atoms with van der Waals surface area (Å²) < 4.78 is 5.99. The Kier molecular flexibility index (Phi) is 4.74. The molecule has 4 unspecified atom stereocenters. The molecule has 19 heavy (non-hydrogen) atoms. The molecule has 0 aromatic rings. The summed E-state index contributed by atoms with van der Waals surface area (Å²) >= 11 is 0. The van der Waals surface area contributed by atoms with Crippen LogP contribution >= 0.6 is 0 Å². The fourth-order valence-electron chi connectivity index (χ4n) is 3.81. The molecule has 2 N–H and O–H groups in total. The third kappa shape index (κ3) is 3.69. The van der Waals surface area contributed by atoms with Crippen LogP contribution in [0.25, 0.3) is 0 Å². The topological polar surface area (TPSA) is 36.5 Å². The molecule has 3 rings (SSSR count). The highest BCUT2D eigenvalue weighted by Gasteiger charge is 2.32. The lowest BCUT2D eigenvalue weighted by Crippen LogP contribution is -2.50. The minimum atomic E-state index is 0.397. The van der Waals surface area contributed by atoms with E-state index in [4.69, 9.17) is 4.74 Å². The Morgan fingerprint density at radius 3 is 3.16 bits per heavy atom. The average Bonchev–Trinajstić information content (AvgIpc) is 3.06. The highest BCUT2D eigenvalue weighted by atomic mass is 16.5. The van der Waals surface area contributed by atoms with E-state index in [0.717, 1.165) is 31.8 Å². The molecule has 0 aromatic heterocycles. The van der Waals surface area contributed by atoms with Crippen LogP contribution in [0, 0.1) is 0 Å². The van der Waals surface area contributed by atoms with Crippen molar-refractivity contribution in [2.45, 2.75) is 63.3 Å². The molecule has 4 atom stereocenters. The number of nitrogens with zero attached hydrogens (tertiary/aromatic N) is 1. The Morgan fingerprint density at radius 2 is 2.32 bits per heavy atom. The van der Waals surface area contributed by atoms with E-state index in [1.165, 1.54) is 45.2 Å². The number of hydrogen-bond acceptors (Lipinski definition) is 4. The Balaban J connectivity index is 1.35. The fourth-order valence-corrected chi connectivity index (χ4v) is 3.81. The minimum Gasteiger partial charge on any atom is -0.374 e. The maximum absolute atomic E-state index is 5.99. The van der Waals surface area contributed by atoms with Crippen molar-refractivity contribution in [1.82, 2.24) is 15.5 Å². The summed E-state index contributed by atoms with van der Waals surface area (Å²) in [5.74, 6) is 0. The zero-order valence-electron chi connectivity index (χ0n) is 12.2. The van der Waals surface area contributed by atoms with Gasteiger partial charge in [-0.2, -0.15) is 0 Å². The van der Waals surface area contributed by atoms with Crippen molar-refractivity contribution in [3.8, 4) is 0 Å². The van der Waals surface area contributed by atoms with Gasteiger partial charge in [0.1, 0.15) is 0 Å². The number of rotatable bonds is 5. The van der Waals surface area contributed by atoms with Crippen LogP contribution in [0.3, 0.4) is 0 Å². The third-order valence-corrected chi connectivity index (χ3v) is 4.96. The lowest BCUT2D eigenvalue weighted by molar-refractivity contribution is -0.0478. The molecular weight excluding hydrogens is 238 g/mol. The van der Waals surface area contributed by atoms with E-state index in [1.54, 1.807) is 0 Å². The Labute approximate surface area is 117 Å². The Hall–Kier alpha value is -0.160. The van der Waals surface area contributed by atoms with Gasteiger partial charge in [0.2, 0.25) is 0 Å². The van der Waals surface area contributed by atoms with Crippen molar-refractivity contribution in [3.63, 3.8) is 0 Å². The van der Waals surface area contributed by atoms with Gasteiger partial charge in [0, 0.05) is 31.2 Å². The van der Waals surface area contributed by atoms with Crippen molar-refractivity contribution in [2.24, 2.45) is 0 Å². The van der Waals surface area contributed by atoms with E-state index < -0.39 is 0 Å². The van der Waals surface area contributed by atoms with Crippen molar-refractivity contribution >= 4 is 0 Å². The monoisotopic (exact) mass is 267 g/mol. The first-order valence-electron chi connectivity index (χ1n) is 8.13. The van der Waals surface area contributed by atoms with Crippen LogP contribution in [0.4, 0.5) is 0 Å². The quantitative estimate of drug-likeness (QED) is 0.778. The van der Waals surface area contributed by atoms with E-state index in [2.05, 4.69) is 22.5 Å². The molecule has 0 aromatic carbocycles. The molecule has 4 heteroatoms. The molecule has 110 valence electrons. The van der Waals surface area contributed by atoms with Crippen LogP contribution in [0.15, 0.2) is 0 Å². The second kappa shape index (κ2) is 6.53. The predicted molar refractivity (Wildman–Crippen MR) is 77.4 cm³/mol. The number of morpholine rings is 1. The maximum Gasteiger partial charge on any atom is 0.0827 e. The Morgan fingerprint density at radius 1 is 1.37 bits per heavy atom. The molecule has 3 aliphatic rings. The average molecular weight is 267 g/mol. The molecular formula is C15H29N3O. The second-order valence-electron chi connectivity index (χ2n) is 6.58. The van der Waals surface area contributed by atoms with Gasteiger partial charge >= 0.3 is 0 Å². The molecule has 0 spiro atoms. The van der Waals surface area contributed by atoms with E-state index in [0.29, 0.717) is 12.1 Å². The smallest absolute Gasteiger partial charge is 0.0827 e. The summed E-state index contributed by atoms with van der Waals surface area (Å²) in [4.78, 5) is 2.62. The summed E-state index contributed by atoms with van der Waals surface area (Å²) in [7, 11) is 0. The molecule has 0 radical (unpaired) electrons. The van der Waals surface area contributed by atoms with Gasteiger partial charge in [0.25, 0.3) is 0 Å². The summed E-state index contributed by atoms with van der Waals surface area (Å²) in [6.07, 6.45) is 7.04. The minimum absolute atomic E-state index is 0.397. The van der Waals surface area contributed by atoms with Crippen LogP contribution in [0.2, 0.25) is 0 Å². The number of ether oxygens (including phenoxy) is 1. The van der Waals surface area contributed by atoms with Crippen molar-refractivity contribution in [2.75, 3.05) is 32.8 Å². The van der Waals surface area contributed by atoms with E-state index in [9.17, 15) is 0 Å². The van der Waals surface area contributed by atoms with Gasteiger partial charge in [0.15, 0.2) is 0 Å². The first-order valence-corrected chi connectivity index (χ1v) is 8.13. The van der Waals surface area contributed by atoms with Crippen LogP contribution in [0.1, 0.15) is 39.0 Å². The van der Waals surface area contributed by atoms with Gasteiger partial charge in [-0.25, -0.2) is 0 Å². The molecule has 0 bridgehead atoms. The van der Waals surface area contributed by atoms with Crippen LogP contribution < -0.4 is 10.6 Å². The lowest BCUT2D eigenvalue weighted by Gasteiger charge is -2.35. The van der Waals surface area contributed by atoms with Crippen molar-refractivity contribution in [3.05, 3.63) is 0 Å². The van der Waals surface area contributed by atoms with Gasteiger partial charge in [-0.3, -0.25) is 4.90 Å². The van der Waals surface area contributed by atoms with Crippen molar-refractivity contribution < 1.29 is 4.74 Å². The van der Waals surface area contributed by atoms with Gasteiger partial charge in [-0.15, -0.1) is 0 Å². The molecule has 4 nitrogen and oxygen atoms in total. The molecule has 3 saturated heterocycles. The van der Waals surface area contributed by atoms with E-state index in [-0.39, 0.29) is 0 Å². The van der Waals surface area contributed by atoms with E-state index >= 15 is 0 Å². The van der Waals surface area contributed by atoms with Crippen molar-refractivity contribution in [1.29, 1.82) is 0 Å². The summed E-state index contributed by atoms with van der Waals surface area (Å²) in [5.41, 5.74) is 0. The molecule has 3 aliphatic heterocycles. The number of fused-ring (bicyclic) bond motifs is 1. The van der Waals surface area contributed by atoms with Crippen LogP contribution in [-0.2, 0) is 4.74 Å². The van der Waals surface area contributed by atoms with Crippen LogP contribution in [-0.4, -0.2) is 61.9 Å². The Bertz CT molecular complexity index is 281. The van der Waals surface area contributed by atoms with Gasteiger partial charge < -0.3 is 15.4 Å². The number of nitrogens with one attached hydrogen (secondary N) is 2.